The van der Waals surface area contributed by atoms with Crippen molar-refractivity contribution in [3.05, 3.63) is 57.0 Å². The van der Waals surface area contributed by atoms with E-state index >= 15 is 0 Å². The lowest BCUT2D eigenvalue weighted by Crippen LogP contribution is -2.20. The van der Waals surface area contributed by atoms with Crippen LogP contribution in [-0.4, -0.2) is 16.0 Å². The van der Waals surface area contributed by atoms with E-state index in [-0.39, 0.29) is 16.0 Å². The molecule has 2 rings (SSSR count). The molecular formula is C16H19ClN4O. The van der Waals surface area contributed by atoms with Crippen LogP contribution in [0, 0.1) is 0 Å². The van der Waals surface area contributed by atoms with Gasteiger partial charge in [-0.15, -0.1) is 0 Å². The SMILES string of the molecule is Cn1ncc(N/N=C\c2ccc(C(C)(C)C)cc2)c(Cl)c1=O. The number of aromatic nitrogens is 2. The molecule has 0 atom stereocenters. The first-order chi connectivity index (χ1) is 10.3. The number of halogens is 1. The first kappa shape index (κ1) is 16.2. The number of aryl methyl sites for hydroxylation is 1. The highest BCUT2D eigenvalue weighted by atomic mass is 35.5. The molecule has 0 unspecified atom stereocenters. The van der Waals surface area contributed by atoms with Crippen molar-refractivity contribution in [2.45, 2.75) is 26.2 Å². The third kappa shape index (κ3) is 3.74. The molecule has 5 nitrogen and oxygen atoms in total. The maximum atomic E-state index is 11.6. The van der Waals surface area contributed by atoms with Gasteiger partial charge < -0.3 is 0 Å². The fraction of sp³-hybridized carbons (Fsp3) is 0.312. The normalized spacial score (nSPS) is 11.9. The van der Waals surface area contributed by atoms with Crippen molar-refractivity contribution in [1.82, 2.24) is 9.78 Å². The average molecular weight is 319 g/mol. The third-order valence-corrected chi connectivity index (χ3v) is 3.62. The fourth-order valence-corrected chi connectivity index (χ4v) is 2.05. The largest absolute Gasteiger partial charge is 0.287 e. The van der Waals surface area contributed by atoms with Gasteiger partial charge in [0.1, 0.15) is 10.7 Å². The van der Waals surface area contributed by atoms with Gasteiger partial charge in [0.25, 0.3) is 5.56 Å². The first-order valence-electron chi connectivity index (χ1n) is 6.90. The molecule has 0 radical (unpaired) electrons. The molecule has 0 fully saturated rings. The summed E-state index contributed by atoms with van der Waals surface area (Å²) in [6, 6.07) is 8.15. The zero-order valence-electron chi connectivity index (χ0n) is 13.1. The number of anilines is 1. The fourth-order valence-electron chi connectivity index (χ4n) is 1.83. The summed E-state index contributed by atoms with van der Waals surface area (Å²) in [6.07, 6.45) is 3.13. The molecule has 0 saturated heterocycles. The minimum absolute atomic E-state index is 0.0673. The second-order valence-electron chi connectivity index (χ2n) is 6.04. The van der Waals surface area contributed by atoms with Crippen LogP contribution in [-0.2, 0) is 12.5 Å². The Hall–Kier alpha value is -2.14. The van der Waals surface area contributed by atoms with Crippen LogP contribution in [0.25, 0.3) is 0 Å². The molecule has 2 aromatic rings. The Labute approximate surface area is 134 Å². The highest BCUT2D eigenvalue weighted by Crippen LogP contribution is 2.21. The van der Waals surface area contributed by atoms with Crippen molar-refractivity contribution in [3.63, 3.8) is 0 Å². The van der Waals surface area contributed by atoms with Crippen LogP contribution in [0.1, 0.15) is 31.9 Å². The standard InChI is InChI=1S/C16H19ClN4O/c1-16(2,3)12-7-5-11(6-8-12)9-18-20-13-10-19-21(4)15(22)14(13)17/h5-10,20H,1-4H3/b18-9-. The number of hydrogen-bond donors (Lipinski definition) is 1. The minimum Gasteiger partial charge on any atom is -0.275 e. The van der Waals surface area contributed by atoms with Gasteiger partial charge in [-0.3, -0.25) is 10.2 Å². The lowest BCUT2D eigenvalue weighted by molar-refractivity contribution is 0.590. The maximum absolute atomic E-state index is 11.6. The number of rotatable bonds is 3. The quantitative estimate of drug-likeness (QED) is 0.698. The van der Waals surface area contributed by atoms with E-state index < -0.39 is 0 Å². The second-order valence-corrected chi connectivity index (χ2v) is 6.42. The summed E-state index contributed by atoms with van der Waals surface area (Å²) in [5.74, 6) is 0. The number of hydrogen-bond acceptors (Lipinski definition) is 4. The zero-order chi connectivity index (χ0) is 16.3. The van der Waals surface area contributed by atoms with Crippen LogP contribution in [0.3, 0.4) is 0 Å². The van der Waals surface area contributed by atoms with Crippen molar-refractivity contribution >= 4 is 23.5 Å². The molecule has 0 spiro atoms. The number of hydrazone groups is 1. The zero-order valence-corrected chi connectivity index (χ0v) is 13.8. The van der Waals surface area contributed by atoms with Crippen molar-refractivity contribution < 1.29 is 0 Å². The summed E-state index contributed by atoms with van der Waals surface area (Å²) in [5, 5.41) is 8.04. The molecule has 0 aliphatic rings. The van der Waals surface area contributed by atoms with Crippen molar-refractivity contribution in [2.75, 3.05) is 5.43 Å². The van der Waals surface area contributed by atoms with Gasteiger partial charge in [-0.1, -0.05) is 56.6 Å². The van der Waals surface area contributed by atoms with E-state index in [1.165, 1.54) is 23.5 Å². The Morgan fingerprint density at radius 2 is 1.91 bits per heavy atom. The molecule has 1 aromatic heterocycles. The summed E-state index contributed by atoms with van der Waals surface area (Å²) in [7, 11) is 1.54. The molecule has 0 amide bonds. The second kappa shape index (κ2) is 6.32. The summed E-state index contributed by atoms with van der Waals surface area (Å²) >= 11 is 5.94. The first-order valence-corrected chi connectivity index (χ1v) is 7.28. The molecule has 0 bridgehead atoms. The van der Waals surface area contributed by atoms with E-state index in [0.717, 1.165) is 5.56 Å². The van der Waals surface area contributed by atoms with Crippen molar-refractivity contribution in [2.24, 2.45) is 12.1 Å². The Bertz CT molecular complexity index is 742. The molecule has 0 aliphatic heterocycles. The number of nitrogens with one attached hydrogen (secondary N) is 1. The molecule has 1 N–H and O–H groups in total. The van der Waals surface area contributed by atoms with Crippen LogP contribution in [0.15, 0.2) is 40.4 Å². The van der Waals surface area contributed by atoms with Gasteiger partial charge in [0.05, 0.1) is 12.4 Å². The summed E-state index contributed by atoms with van der Waals surface area (Å²) in [6.45, 7) is 6.51. The van der Waals surface area contributed by atoms with Crippen LogP contribution in [0.4, 0.5) is 5.69 Å². The van der Waals surface area contributed by atoms with Crippen LogP contribution < -0.4 is 11.0 Å². The molecule has 116 valence electrons. The van der Waals surface area contributed by atoms with E-state index in [9.17, 15) is 4.79 Å². The predicted molar refractivity (Wildman–Crippen MR) is 90.8 cm³/mol. The monoisotopic (exact) mass is 318 g/mol. The molecule has 0 aliphatic carbocycles. The lowest BCUT2D eigenvalue weighted by Gasteiger charge is -2.18. The summed E-state index contributed by atoms with van der Waals surface area (Å²) in [5.41, 5.74) is 5.09. The Kier molecular flexibility index (Phi) is 4.66. The summed E-state index contributed by atoms with van der Waals surface area (Å²) < 4.78 is 1.17. The van der Waals surface area contributed by atoms with E-state index in [0.29, 0.717) is 5.69 Å². The Morgan fingerprint density at radius 3 is 2.50 bits per heavy atom. The topological polar surface area (TPSA) is 59.3 Å². The van der Waals surface area contributed by atoms with Crippen molar-refractivity contribution in [1.29, 1.82) is 0 Å². The van der Waals surface area contributed by atoms with Crippen LogP contribution >= 0.6 is 11.6 Å². The molecular weight excluding hydrogens is 300 g/mol. The Balaban J connectivity index is 2.10. The number of nitrogens with zero attached hydrogens (tertiary/aromatic N) is 3. The van der Waals surface area contributed by atoms with Gasteiger partial charge in [0.2, 0.25) is 0 Å². The van der Waals surface area contributed by atoms with Gasteiger partial charge in [-0.25, -0.2) is 4.68 Å². The third-order valence-electron chi connectivity index (χ3n) is 3.25. The minimum atomic E-state index is -0.364. The van der Waals surface area contributed by atoms with Gasteiger partial charge >= 0.3 is 0 Å². The number of benzene rings is 1. The van der Waals surface area contributed by atoms with E-state index in [2.05, 4.69) is 48.5 Å². The molecule has 6 heteroatoms. The van der Waals surface area contributed by atoms with E-state index in [1.807, 2.05) is 12.1 Å². The molecule has 1 heterocycles. The highest BCUT2D eigenvalue weighted by molar-refractivity contribution is 6.32. The average Bonchev–Trinajstić information content (AvgIpc) is 2.47. The van der Waals surface area contributed by atoms with Gasteiger partial charge in [-0.05, 0) is 16.5 Å². The van der Waals surface area contributed by atoms with Crippen LogP contribution in [0.5, 0.6) is 0 Å². The van der Waals surface area contributed by atoms with Crippen LogP contribution in [0.2, 0.25) is 5.02 Å². The maximum Gasteiger partial charge on any atom is 0.287 e. The van der Waals surface area contributed by atoms with E-state index in [1.54, 1.807) is 6.21 Å². The van der Waals surface area contributed by atoms with Gasteiger partial charge in [-0.2, -0.15) is 10.2 Å². The summed E-state index contributed by atoms with van der Waals surface area (Å²) in [4.78, 5) is 11.6. The molecule has 1 aromatic carbocycles. The van der Waals surface area contributed by atoms with Gasteiger partial charge in [0, 0.05) is 7.05 Å². The Morgan fingerprint density at radius 1 is 1.27 bits per heavy atom. The van der Waals surface area contributed by atoms with Gasteiger partial charge in [0.15, 0.2) is 0 Å². The molecule has 0 saturated carbocycles. The smallest absolute Gasteiger partial charge is 0.275 e. The highest BCUT2D eigenvalue weighted by Gasteiger charge is 2.12. The lowest BCUT2D eigenvalue weighted by atomic mass is 9.87. The predicted octanol–water partition coefficient (Wildman–Crippen LogP) is 3.18. The van der Waals surface area contributed by atoms with Crippen molar-refractivity contribution in [3.8, 4) is 0 Å². The van der Waals surface area contributed by atoms with E-state index in [4.69, 9.17) is 11.6 Å². The molecule has 22 heavy (non-hydrogen) atoms.